The lowest BCUT2D eigenvalue weighted by Crippen LogP contribution is -2.60. The summed E-state index contributed by atoms with van der Waals surface area (Å²) in [4.78, 5) is 30.5. The molecule has 26 heteroatoms. The highest BCUT2D eigenvalue weighted by molar-refractivity contribution is 8.44. The van der Waals surface area contributed by atoms with Gasteiger partial charge in [-0.2, -0.15) is 4.98 Å². The fraction of sp³-hybridized carbons (Fsp3) is 0.550. The standard InChI is InChI=1S/C20H27F2N11O8P2S3/c1-26-33(15-10(23)14(24)27-5-28-15)20(22)4-37-7-2-38-42(35,44)40-12-9(21)8(3-39-43(36,45)41-13(7)20)46-18(12)32-6-29-11-16(32)30-19(25)31-17(11)34/h5-9,12-13,18,26H,2-4,23H2,1H3,(H,35,44)(H,36,45)(H2,24,27,28)(H3,25,30,31,34)/t7-,8-,9+,12-,13-,18-,20+,42?,43?/m1/s1. The summed E-state index contributed by atoms with van der Waals surface area (Å²) < 4.78 is 89.2. The molecule has 0 saturated carbocycles. The van der Waals surface area contributed by atoms with Crippen molar-refractivity contribution in [3.63, 3.8) is 0 Å². The number of nitrogens with zero attached hydrogens (tertiary/aromatic N) is 6. The van der Waals surface area contributed by atoms with Crippen molar-refractivity contribution >= 4 is 84.3 Å². The third-order valence-corrected chi connectivity index (χ3v) is 12.0. The highest BCUT2D eigenvalue weighted by atomic mass is 32.7. The van der Waals surface area contributed by atoms with Crippen LogP contribution in [0.2, 0.25) is 0 Å². The lowest BCUT2D eigenvalue weighted by Gasteiger charge is -2.38. The Hall–Kier alpha value is -2.24. The maximum Gasteiger partial charge on any atom is 0.386 e. The monoisotopic (exact) mass is 745 g/mol. The largest absolute Gasteiger partial charge is 0.393 e. The number of thiol groups is 2. The van der Waals surface area contributed by atoms with Crippen molar-refractivity contribution in [3.8, 4) is 0 Å². The van der Waals surface area contributed by atoms with E-state index in [-0.39, 0.29) is 34.4 Å². The summed E-state index contributed by atoms with van der Waals surface area (Å²) in [5.74, 6) is -3.33. The van der Waals surface area contributed by atoms with Gasteiger partial charge < -0.3 is 21.9 Å². The van der Waals surface area contributed by atoms with Crippen LogP contribution in [0.4, 0.5) is 32.1 Å². The Morgan fingerprint density at radius 3 is 2.63 bits per heavy atom. The van der Waals surface area contributed by atoms with E-state index in [1.54, 1.807) is 0 Å². The van der Waals surface area contributed by atoms with Gasteiger partial charge in [0.15, 0.2) is 28.9 Å². The first-order valence-electron chi connectivity index (χ1n) is 13.1. The normalized spacial score (nSPS) is 36.9. The first kappa shape index (κ1) is 33.7. The van der Waals surface area contributed by atoms with Gasteiger partial charge in [0.1, 0.15) is 42.4 Å². The molecule has 3 aliphatic heterocycles. The molecule has 9 atom stereocenters. The van der Waals surface area contributed by atoms with Crippen LogP contribution in [-0.4, -0.2) is 91.9 Å². The molecule has 0 aromatic carbocycles. The van der Waals surface area contributed by atoms with E-state index in [1.165, 1.54) is 17.9 Å². The maximum atomic E-state index is 17.0. The van der Waals surface area contributed by atoms with Crippen LogP contribution in [-0.2, 0) is 32.0 Å². The van der Waals surface area contributed by atoms with Crippen LogP contribution in [0.25, 0.3) is 11.2 Å². The Balaban J connectivity index is 1.34. The number of ether oxygens (including phenoxy) is 1. The smallest absolute Gasteiger partial charge is 0.386 e. The predicted octanol–water partition coefficient (Wildman–Crippen LogP) is 1.21. The molecule has 3 aromatic heterocycles. The van der Waals surface area contributed by atoms with Crippen molar-refractivity contribution in [2.45, 2.75) is 40.9 Å². The first-order valence-corrected chi connectivity index (χ1v) is 19.4. The van der Waals surface area contributed by atoms with Crippen LogP contribution < -0.4 is 33.2 Å². The van der Waals surface area contributed by atoms with E-state index in [0.717, 1.165) is 23.1 Å². The molecule has 2 unspecified atom stereocenters. The van der Waals surface area contributed by atoms with E-state index in [0.29, 0.717) is 0 Å². The fourth-order valence-electron chi connectivity index (χ4n) is 5.19. The number of nitrogens with one attached hydrogen (secondary N) is 2. The van der Waals surface area contributed by atoms with Crippen LogP contribution in [0, 0.1) is 0 Å². The van der Waals surface area contributed by atoms with E-state index in [1.807, 2.05) is 0 Å². The number of alkyl halides is 2. The van der Waals surface area contributed by atoms with E-state index in [2.05, 4.69) is 54.8 Å². The van der Waals surface area contributed by atoms with Crippen molar-refractivity contribution in [1.29, 1.82) is 0 Å². The van der Waals surface area contributed by atoms with Gasteiger partial charge in [-0.3, -0.25) is 32.4 Å². The molecule has 3 saturated heterocycles. The second-order valence-corrected chi connectivity index (χ2v) is 17.2. The number of aromatic amines is 1. The zero-order valence-electron chi connectivity index (χ0n) is 23.4. The summed E-state index contributed by atoms with van der Waals surface area (Å²) in [5.41, 5.74) is 19.1. The fourth-order valence-corrected chi connectivity index (χ4v) is 9.79. The number of hydrazine groups is 1. The molecule has 0 radical (unpaired) electrons. The van der Waals surface area contributed by atoms with Gasteiger partial charge in [-0.05, 0) is 0 Å². The molecule has 0 amide bonds. The van der Waals surface area contributed by atoms with Gasteiger partial charge in [-0.15, -0.1) is 11.8 Å². The van der Waals surface area contributed by atoms with Gasteiger partial charge in [-0.25, -0.2) is 43.3 Å². The number of nitrogens with two attached hydrogens (primary N) is 3. The molecule has 0 spiro atoms. The van der Waals surface area contributed by atoms with Crippen molar-refractivity contribution in [2.24, 2.45) is 0 Å². The highest BCUT2D eigenvalue weighted by Crippen LogP contribution is 2.62. The molecule has 3 fully saturated rings. The summed E-state index contributed by atoms with van der Waals surface area (Å²) >= 11 is 8.95. The van der Waals surface area contributed by atoms with Crippen molar-refractivity contribution in [2.75, 3.05) is 49.1 Å². The zero-order valence-corrected chi connectivity index (χ0v) is 27.8. The highest BCUT2D eigenvalue weighted by Gasteiger charge is 2.60. The molecule has 19 nitrogen and oxygen atoms in total. The van der Waals surface area contributed by atoms with E-state index in [4.69, 9.17) is 40.0 Å². The lowest BCUT2D eigenvalue weighted by molar-refractivity contribution is -0.00428. The average Bonchev–Trinajstić information content (AvgIpc) is 3.63. The number of thioether (sulfide) groups is 1. The third kappa shape index (κ3) is 6.09. The minimum Gasteiger partial charge on any atom is -0.393 e. The van der Waals surface area contributed by atoms with Gasteiger partial charge in [-0.1, -0.05) is 24.5 Å². The topological polar surface area (TPSA) is 263 Å². The molecular weight excluding hydrogens is 718 g/mol. The Morgan fingerprint density at radius 2 is 1.89 bits per heavy atom. The number of fused-ring (bicyclic) bond motifs is 4. The van der Waals surface area contributed by atoms with Crippen LogP contribution in [0.3, 0.4) is 0 Å². The number of nitrogen functional groups attached to an aromatic ring is 3. The van der Waals surface area contributed by atoms with Gasteiger partial charge >= 0.3 is 13.6 Å². The second-order valence-electron chi connectivity index (χ2n) is 10.1. The molecule has 252 valence electrons. The summed E-state index contributed by atoms with van der Waals surface area (Å²) in [5, 5.41) is -1.40. The molecule has 46 heavy (non-hydrogen) atoms. The van der Waals surface area contributed by atoms with E-state index >= 15 is 8.78 Å². The second kappa shape index (κ2) is 12.3. The van der Waals surface area contributed by atoms with E-state index < -0.39 is 79.9 Å². The quantitative estimate of drug-likeness (QED) is 0.0856. The number of rotatable bonds is 4. The van der Waals surface area contributed by atoms with Gasteiger partial charge in [0, 0.05) is 7.05 Å². The number of hydrogen-bond acceptors (Lipinski definition) is 18. The number of hydrogen-bond donors (Lipinski definition) is 7. The molecule has 3 aliphatic rings. The van der Waals surface area contributed by atoms with Gasteiger partial charge in [0.2, 0.25) is 11.7 Å². The molecule has 2 bridgehead atoms. The number of imidazole rings is 1. The molecule has 8 N–H and O–H groups in total. The van der Waals surface area contributed by atoms with Crippen LogP contribution in [0.15, 0.2) is 17.4 Å². The molecule has 0 aliphatic carbocycles. The average molecular weight is 746 g/mol. The van der Waals surface area contributed by atoms with Crippen molar-refractivity contribution in [1.82, 2.24) is 34.9 Å². The zero-order chi connectivity index (χ0) is 33.2. The maximum absolute atomic E-state index is 17.0. The van der Waals surface area contributed by atoms with Gasteiger partial charge in [0.05, 0.1) is 24.8 Å². The third-order valence-electron chi connectivity index (χ3n) is 7.27. The van der Waals surface area contributed by atoms with Crippen LogP contribution in [0.5, 0.6) is 0 Å². The van der Waals surface area contributed by atoms with Crippen molar-refractivity contribution < 1.29 is 40.7 Å². The Morgan fingerprint density at radius 1 is 1.17 bits per heavy atom. The number of anilines is 4. The van der Waals surface area contributed by atoms with Crippen LogP contribution in [0.1, 0.15) is 5.37 Å². The molecule has 6 rings (SSSR count). The van der Waals surface area contributed by atoms with E-state index in [9.17, 15) is 13.9 Å². The Labute approximate surface area is 272 Å². The number of halogens is 2. The minimum atomic E-state index is -4.52. The summed E-state index contributed by atoms with van der Waals surface area (Å²) in [6.07, 6.45) is -4.53. The first-order chi connectivity index (χ1) is 21.6. The summed E-state index contributed by atoms with van der Waals surface area (Å²) in [6, 6.07) is 0. The summed E-state index contributed by atoms with van der Waals surface area (Å²) in [7, 11) is 1.34. The van der Waals surface area contributed by atoms with Gasteiger partial charge in [0.25, 0.3) is 5.56 Å². The Bertz CT molecular complexity index is 1810. The van der Waals surface area contributed by atoms with Crippen LogP contribution >= 0.6 is 49.9 Å². The SMILES string of the molecule is CNN(c1ncnc(N)c1N)[C@@]1(F)CO[C@@H]2COP(=O)(S)O[C@@H]3[C@@H](F)[C@@H](COP(=O)(S)O[C@H]21)S[C@H]3n1cnc2c(=O)[nH]c(N)nc21. The Kier molecular flexibility index (Phi) is 9.02. The lowest BCUT2D eigenvalue weighted by atomic mass is 10.1. The number of H-pyrrole nitrogens is 1. The molecule has 6 heterocycles. The summed E-state index contributed by atoms with van der Waals surface area (Å²) in [6.45, 7) is -11.0. The molecule has 3 aromatic rings. The predicted molar refractivity (Wildman–Crippen MR) is 169 cm³/mol. The number of aromatic nitrogens is 6. The minimum absolute atomic E-state index is 0.0120. The molecular formula is C20H27F2N11O8P2S3. The van der Waals surface area contributed by atoms with Crippen molar-refractivity contribution in [3.05, 3.63) is 23.0 Å².